The van der Waals surface area contributed by atoms with E-state index in [0.29, 0.717) is 0 Å². The van der Waals surface area contributed by atoms with Gasteiger partial charge in [0.15, 0.2) is 0 Å². The summed E-state index contributed by atoms with van der Waals surface area (Å²) >= 11 is 0. The smallest absolute Gasteiger partial charge is 0.907 e. The Morgan fingerprint density at radius 3 is 1.00 bits per heavy atom. The summed E-state index contributed by atoms with van der Waals surface area (Å²) in [6.45, 7) is 0. The van der Waals surface area contributed by atoms with Gasteiger partial charge in [-0.05, 0) is 0 Å². The second-order valence-corrected chi connectivity index (χ2v) is 0.289. The Labute approximate surface area is 68.7 Å². The quantitative estimate of drug-likeness (QED) is 0.311. The third-order valence-electron chi connectivity index (χ3n) is 0. The van der Waals surface area contributed by atoms with Crippen LogP contribution in [0, 0.1) is 0 Å². The van der Waals surface area contributed by atoms with E-state index in [1.165, 1.54) is 0 Å². The zero-order valence-corrected chi connectivity index (χ0v) is 6.36. The van der Waals surface area contributed by atoms with Crippen molar-refractivity contribution in [2.45, 2.75) is 0 Å². The molecule has 0 rings (SSSR count). The van der Waals surface area contributed by atoms with Crippen LogP contribution in [0.15, 0.2) is 0 Å². The second kappa shape index (κ2) is 9.68. The zero-order valence-electron chi connectivity index (χ0n) is 3.18. The average molecular weight is 137 g/mol. The summed E-state index contributed by atoms with van der Waals surface area (Å²) in [7, 11) is -2.92. The van der Waals surface area contributed by atoms with Crippen LogP contribution in [0.3, 0.4) is 0 Å². The van der Waals surface area contributed by atoms with Crippen molar-refractivity contribution in [2.75, 3.05) is 0 Å². The SMILES string of the molecule is [Mn+2].[Na+].[O-]B([O-])[O-]. The minimum Gasteiger partial charge on any atom is -0.907 e. The molecule has 0 atom stereocenters. The molecule has 0 aromatic rings. The predicted octanol–water partition coefficient (Wildman–Crippen LogP) is -6.95. The summed E-state index contributed by atoms with van der Waals surface area (Å²) in [5, 5.41) is 25.2. The molecule has 0 bridgehead atoms. The number of hydrogen-bond acceptors (Lipinski definition) is 3. The summed E-state index contributed by atoms with van der Waals surface area (Å²) in [5.74, 6) is 0. The molecule has 0 aliphatic heterocycles. The fourth-order valence-electron chi connectivity index (χ4n) is 0. The molecular formula is BMnNaO3. The molecule has 0 aliphatic carbocycles. The molecule has 0 unspecified atom stereocenters. The van der Waals surface area contributed by atoms with E-state index in [2.05, 4.69) is 0 Å². The van der Waals surface area contributed by atoms with E-state index in [1.807, 2.05) is 0 Å². The van der Waals surface area contributed by atoms with Gasteiger partial charge in [0.2, 0.25) is 0 Å². The van der Waals surface area contributed by atoms with Crippen molar-refractivity contribution in [2.24, 2.45) is 0 Å². The Morgan fingerprint density at radius 1 is 1.00 bits per heavy atom. The van der Waals surface area contributed by atoms with Gasteiger partial charge in [-0.2, -0.15) is 0 Å². The molecule has 0 N–H and O–H groups in total. The average Bonchev–Trinajstić information content (AvgIpc) is 0.811. The second-order valence-electron chi connectivity index (χ2n) is 0.289. The first-order valence-electron chi connectivity index (χ1n) is 0.707. The van der Waals surface area contributed by atoms with Gasteiger partial charge in [0.05, 0.1) is 0 Å². The zero-order chi connectivity index (χ0) is 3.58. The van der Waals surface area contributed by atoms with Gasteiger partial charge in [0, 0.05) is 0 Å². The molecule has 0 heterocycles. The van der Waals surface area contributed by atoms with Gasteiger partial charge < -0.3 is 15.1 Å². The summed E-state index contributed by atoms with van der Waals surface area (Å²) in [6, 6.07) is 0. The van der Waals surface area contributed by atoms with Gasteiger partial charge in [0.1, 0.15) is 0 Å². The summed E-state index contributed by atoms with van der Waals surface area (Å²) in [5.41, 5.74) is 0. The van der Waals surface area contributed by atoms with E-state index in [0.717, 1.165) is 0 Å². The van der Waals surface area contributed by atoms with Crippen LogP contribution in [0.25, 0.3) is 0 Å². The van der Waals surface area contributed by atoms with Crippen LogP contribution in [-0.4, -0.2) is 7.32 Å². The van der Waals surface area contributed by atoms with Crippen molar-refractivity contribution in [3.63, 3.8) is 0 Å². The maximum Gasteiger partial charge on any atom is 2.00 e. The third-order valence-corrected chi connectivity index (χ3v) is 0. The van der Waals surface area contributed by atoms with Crippen molar-refractivity contribution >= 4 is 7.32 Å². The predicted molar refractivity (Wildman–Crippen MR) is 5.75 cm³/mol. The number of rotatable bonds is 0. The molecule has 6 heavy (non-hydrogen) atoms. The van der Waals surface area contributed by atoms with Gasteiger partial charge in [-0.15, -0.1) is 0 Å². The molecule has 6 heteroatoms. The van der Waals surface area contributed by atoms with E-state index in [4.69, 9.17) is 15.1 Å². The van der Waals surface area contributed by atoms with E-state index < -0.39 is 7.32 Å². The Kier molecular flexibility index (Phi) is 25.3. The molecule has 0 spiro atoms. The van der Waals surface area contributed by atoms with Crippen molar-refractivity contribution < 1.29 is 61.7 Å². The van der Waals surface area contributed by atoms with Crippen LogP contribution in [0.2, 0.25) is 0 Å². The van der Waals surface area contributed by atoms with E-state index >= 15 is 0 Å². The van der Waals surface area contributed by atoms with Crippen LogP contribution in [-0.2, 0) is 17.1 Å². The van der Waals surface area contributed by atoms with Crippen LogP contribution in [0.5, 0.6) is 0 Å². The maximum atomic E-state index is 8.42. The standard InChI is InChI=1S/BO3.Mn.Na/c2-1(3)4;;/q-3;+2;+1. The molecule has 1 radical (unpaired) electrons. The third kappa shape index (κ3) is 50.8. The first kappa shape index (κ1) is 15.7. The molecule has 0 aromatic carbocycles. The maximum absolute atomic E-state index is 8.42. The minimum atomic E-state index is -2.92. The number of hydrogen-bond donors (Lipinski definition) is 0. The molecule has 0 aromatic heterocycles. The Morgan fingerprint density at radius 2 is 1.00 bits per heavy atom. The monoisotopic (exact) mass is 137 g/mol. The first-order valence-corrected chi connectivity index (χ1v) is 0.707. The Hall–Kier alpha value is 1.46. The molecule has 0 saturated heterocycles. The molecule has 0 fully saturated rings. The summed E-state index contributed by atoms with van der Waals surface area (Å²) < 4.78 is 0. The summed E-state index contributed by atoms with van der Waals surface area (Å²) in [6.07, 6.45) is 0. The fraction of sp³-hybridized carbons (Fsp3) is 0. The van der Waals surface area contributed by atoms with Crippen molar-refractivity contribution in [3.8, 4) is 0 Å². The topological polar surface area (TPSA) is 69.2 Å². The van der Waals surface area contributed by atoms with Crippen LogP contribution >= 0.6 is 0 Å². The van der Waals surface area contributed by atoms with Gasteiger partial charge in [-0.1, -0.05) is 0 Å². The van der Waals surface area contributed by atoms with Crippen LogP contribution in [0.1, 0.15) is 0 Å². The Balaban J connectivity index is -0.0000000450. The first-order chi connectivity index (χ1) is 1.73. The molecule has 0 saturated carbocycles. The van der Waals surface area contributed by atoms with Crippen molar-refractivity contribution in [3.05, 3.63) is 0 Å². The van der Waals surface area contributed by atoms with E-state index in [9.17, 15) is 0 Å². The fourth-order valence-corrected chi connectivity index (χ4v) is 0. The van der Waals surface area contributed by atoms with Gasteiger partial charge in [-0.25, -0.2) is 0 Å². The van der Waals surface area contributed by atoms with E-state index in [1.54, 1.807) is 0 Å². The van der Waals surface area contributed by atoms with Crippen LogP contribution in [0.4, 0.5) is 0 Å². The Bertz CT molecular complexity index is 15.5. The molecule has 0 amide bonds. The van der Waals surface area contributed by atoms with Crippen molar-refractivity contribution in [1.29, 1.82) is 0 Å². The molecular weight excluding hydrogens is 137 g/mol. The van der Waals surface area contributed by atoms with Gasteiger partial charge >= 0.3 is 46.6 Å². The van der Waals surface area contributed by atoms with E-state index in [-0.39, 0.29) is 46.6 Å². The van der Waals surface area contributed by atoms with Gasteiger partial charge in [0.25, 0.3) is 0 Å². The molecule has 3 nitrogen and oxygen atoms in total. The summed E-state index contributed by atoms with van der Waals surface area (Å²) in [4.78, 5) is 0. The minimum absolute atomic E-state index is 0. The van der Waals surface area contributed by atoms with Crippen molar-refractivity contribution in [1.82, 2.24) is 0 Å². The van der Waals surface area contributed by atoms with Gasteiger partial charge in [-0.3, -0.25) is 7.32 Å². The molecule has 0 aliphatic rings. The molecule has 29 valence electrons. The van der Waals surface area contributed by atoms with Crippen LogP contribution < -0.4 is 44.6 Å². The largest absolute Gasteiger partial charge is 2.00 e. The normalized spacial score (nSPS) is 4.50.